The molecule has 0 heterocycles. The zero-order valence-corrected chi connectivity index (χ0v) is 15.7. The van der Waals surface area contributed by atoms with Gasteiger partial charge in [0.05, 0.1) is 5.75 Å². The molecule has 1 nitrogen and oxygen atoms in total. The van der Waals surface area contributed by atoms with Gasteiger partial charge in [0.15, 0.2) is 0 Å². The first-order chi connectivity index (χ1) is 9.11. The van der Waals surface area contributed by atoms with Gasteiger partial charge in [-0.2, -0.15) is 0 Å². The minimum absolute atomic E-state index is 0.0908. The monoisotopic (exact) mass is 289 g/mol. The summed E-state index contributed by atoms with van der Waals surface area (Å²) in [4.78, 5) is 0. The van der Waals surface area contributed by atoms with Crippen molar-refractivity contribution >= 4 is 14.5 Å². The van der Waals surface area contributed by atoms with E-state index in [1.165, 1.54) is 21.7 Å². The summed E-state index contributed by atoms with van der Waals surface area (Å²) in [5.74, 6) is 1.14. The SMILES string of the molecule is C[CH2][Al]([CH2]C)[O]c1c(C(C)(C)C)c[c]cc1C(C)(C)C. The molecule has 0 fully saturated rings. The standard InChI is InChI=1S/C14H21O.2C2H5.Al/c1-13(2,3)10-8-7-9-11(12(10)15)14(4,5)6;2*1-2;/h8-9,15H,1-6H3;2*1H2,2H3;/q;;;+1/p-1. The lowest BCUT2D eigenvalue weighted by Gasteiger charge is -2.31. The first-order valence-corrected chi connectivity index (χ1v) is 9.93. The molecule has 1 aromatic rings. The van der Waals surface area contributed by atoms with Gasteiger partial charge in [0.25, 0.3) is 0 Å². The Morgan fingerprint density at radius 3 is 1.60 bits per heavy atom. The van der Waals surface area contributed by atoms with Crippen molar-refractivity contribution in [2.24, 2.45) is 0 Å². The van der Waals surface area contributed by atoms with Crippen LogP contribution >= 0.6 is 0 Å². The molecule has 111 valence electrons. The third-order valence-electron chi connectivity index (χ3n) is 3.76. The molecular formula is C18H30AlO. The summed E-state index contributed by atoms with van der Waals surface area (Å²) in [5.41, 5.74) is 2.77. The second-order valence-electron chi connectivity index (χ2n) is 7.67. The van der Waals surface area contributed by atoms with Crippen LogP contribution in [-0.4, -0.2) is 14.5 Å². The summed E-state index contributed by atoms with van der Waals surface area (Å²) in [7, 11) is 0. The molecule has 0 atom stereocenters. The van der Waals surface area contributed by atoms with Gasteiger partial charge in [-0.1, -0.05) is 66.0 Å². The fourth-order valence-electron chi connectivity index (χ4n) is 2.35. The molecule has 0 aliphatic carbocycles. The van der Waals surface area contributed by atoms with E-state index in [4.69, 9.17) is 3.79 Å². The van der Waals surface area contributed by atoms with Gasteiger partial charge >= 0.3 is 14.5 Å². The number of hydrogen-bond donors (Lipinski definition) is 0. The summed E-state index contributed by atoms with van der Waals surface area (Å²) in [6.07, 6.45) is 0. The van der Waals surface area contributed by atoms with Crippen LogP contribution < -0.4 is 3.79 Å². The van der Waals surface area contributed by atoms with E-state index < -0.39 is 14.5 Å². The zero-order valence-electron chi connectivity index (χ0n) is 14.6. The van der Waals surface area contributed by atoms with Crippen LogP contribution in [0.4, 0.5) is 0 Å². The molecule has 1 rings (SSSR count). The normalized spacial score (nSPS) is 12.4. The molecule has 0 aliphatic rings. The number of rotatable bonds is 4. The van der Waals surface area contributed by atoms with Gasteiger partial charge in [0.2, 0.25) is 0 Å². The van der Waals surface area contributed by atoms with E-state index in [9.17, 15) is 0 Å². The van der Waals surface area contributed by atoms with Crippen molar-refractivity contribution in [3.8, 4) is 5.75 Å². The van der Waals surface area contributed by atoms with Crippen LogP contribution in [0.15, 0.2) is 12.1 Å². The Kier molecular flexibility index (Phi) is 5.76. The zero-order chi connectivity index (χ0) is 15.6. The summed E-state index contributed by atoms with van der Waals surface area (Å²) >= 11 is -1.13. The number of hydrogen-bond acceptors (Lipinski definition) is 1. The maximum Gasteiger partial charge on any atom is 0.546 e. The van der Waals surface area contributed by atoms with E-state index in [1.54, 1.807) is 0 Å². The predicted octanol–water partition coefficient (Wildman–Crippen LogP) is 5.49. The van der Waals surface area contributed by atoms with E-state index in [1.807, 2.05) is 0 Å². The lowest BCUT2D eigenvalue weighted by atomic mass is 9.80. The fraction of sp³-hybridized carbons (Fsp3) is 0.667. The minimum Gasteiger partial charge on any atom is -0.642 e. The van der Waals surface area contributed by atoms with Crippen LogP contribution in [-0.2, 0) is 10.8 Å². The molecule has 1 aromatic carbocycles. The second kappa shape index (κ2) is 6.54. The molecule has 0 saturated heterocycles. The average Bonchev–Trinajstić information content (AvgIpc) is 2.33. The van der Waals surface area contributed by atoms with Crippen LogP contribution in [0.5, 0.6) is 5.75 Å². The Hall–Kier alpha value is -0.448. The highest BCUT2D eigenvalue weighted by Gasteiger charge is 2.29. The summed E-state index contributed by atoms with van der Waals surface area (Å²) < 4.78 is 6.55. The van der Waals surface area contributed by atoms with E-state index in [0.29, 0.717) is 0 Å². The van der Waals surface area contributed by atoms with Gasteiger partial charge in [-0.25, -0.2) is 0 Å². The Bertz CT molecular complexity index is 401. The Morgan fingerprint density at radius 1 is 0.900 bits per heavy atom. The van der Waals surface area contributed by atoms with Crippen molar-refractivity contribution in [2.75, 3.05) is 0 Å². The van der Waals surface area contributed by atoms with E-state index >= 15 is 0 Å². The third-order valence-corrected chi connectivity index (χ3v) is 6.15. The highest BCUT2D eigenvalue weighted by Crippen LogP contribution is 2.39. The molecule has 0 saturated carbocycles. The van der Waals surface area contributed by atoms with Crippen LogP contribution in [0.3, 0.4) is 0 Å². The maximum absolute atomic E-state index is 6.55. The van der Waals surface area contributed by atoms with Gasteiger partial charge in [-0.05, 0) is 40.2 Å². The molecule has 2 heteroatoms. The van der Waals surface area contributed by atoms with Crippen LogP contribution in [0.1, 0.15) is 66.5 Å². The first-order valence-electron chi connectivity index (χ1n) is 7.83. The van der Waals surface area contributed by atoms with Crippen molar-refractivity contribution < 1.29 is 3.79 Å². The quantitative estimate of drug-likeness (QED) is 0.666. The lowest BCUT2D eigenvalue weighted by molar-refractivity contribution is 0.482. The largest absolute Gasteiger partial charge is 0.642 e. The smallest absolute Gasteiger partial charge is 0.546 e. The molecule has 20 heavy (non-hydrogen) atoms. The molecule has 0 bridgehead atoms. The summed E-state index contributed by atoms with van der Waals surface area (Å²) in [6, 6.07) is 7.55. The van der Waals surface area contributed by atoms with Gasteiger partial charge in [-0.3, -0.25) is 0 Å². The van der Waals surface area contributed by atoms with Crippen LogP contribution in [0.25, 0.3) is 0 Å². The highest BCUT2D eigenvalue weighted by atomic mass is 27.2. The Labute approximate surface area is 130 Å². The molecule has 1 radical (unpaired) electrons. The van der Waals surface area contributed by atoms with Crippen LogP contribution in [0, 0.1) is 6.07 Å². The van der Waals surface area contributed by atoms with Crippen molar-refractivity contribution in [1.29, 1.82) is 0 Å². The van der Waals surface area contributed by atoms with E-state index in [-0.39, 0.29) is 10.8 Å². The molecule has 0 spiro atoms. The molecule has 0 aliphatic heterocycles. The minimum atomic E-state index is -1.13. The summed E-state index contributed by atoms with van der Waals surface area (Å²) in [5, 5.41) is 2.37. The lowest BCUT2D eigenvalue weighted by Crippen LogP contribution is -2.26. The van der Waals surface area contributed by atoms with Gasteiger partial charge in [0, 0.05) is 0 Å². The van der Waals surface area contributed by atoms with Gasteiger partial charge < -0.3 is 3.79 Å². The molecular weight excluding hydrogens is 259 g/mol. The van der Waals surface area contributed by atoms with Gasteiger partial charge in [0.1, 0.15) is 0 Å². The maximum atomic E-state index is 6.55. The van der Waals surface area contributed by atoms with Crippen LogP contribution in [0.2, 0.25) is 10.6 Å². The molecule has 0 unspecified atom stereocenters. The summed E-state index contributed by atoms with van der Waals surface area (Å²) in [6.45, 7) is 18.0. The Balaban J connectivity index is 3.40. The van der Waals surface area contributed by atoms with Crippen molar-refractivity contribution in [3.63, 3.8) is 0 Å². The Morgan fingerprint density at radius 2 is 1.30 bits per heavy atom. The van der Waals surface area contributed by atoms with E-state index in [0.717, 1.165) is 5.75 Å². The molecule has 0 aromatic heterocycles. The number of benzene rings is 1. The highest BCUT2D eigenvalue weighted by molar-refractivity contribution is 6.52. The molecule has 0 amide bonds. The predicted molar refractivity (Wildman–Crippen MR) is 90.0 cm³/mol. The average molecular weight is 289 g/mol. The topological polar surface area (TPSA) is 9.23 Å². The van der Waals surface area contributed by atoms with Gasteiger partial charge in [-0.15, -0.1) is 0 Å². The molecule has 0 N–H and O–H groups in total. The van der Waals surface area contributed by atoms with E-state index in [2.05, 4.69) is 73.6 Å². The first kappa shape index (κ1) is 17.6. The fourth-order valence-corrected chi connectivity index (χ4v) is 3.85. The van der Waals surface area contributed by atoms with Crippen molar-refractivity contribution in [2.45, 2.75) is 76.8 Å². The van der Waals surface area contributed by atoms with Crippen molar-refractivity contribution in [3.05, 3.63) is 29.3 Å². The van der Waals surface area contributed by atoms with Crippen molar-refractivity contribution in [1.82, 2.24) is 0 Å². The second-order valence-corrected chi connectivity index (χ2v) is 10.8. The third kappa shape index (κ3) is 4.27.